The number of halogens is 1. The number of hydrogen-bond acceptors (Lipinski definition) is 9. The molecular weight excluding hydrogens is 907 g/mol. The zero-order valence-electron chi connectivity index (χ0n) is 37.7. The Balaban J connectivity index is -0.000000371. The van der Waals surface area contributed by atoms with Crippen molar-refractivity contribution < 1.29 is 43.8 Å². The summed E-state index contributed by atoms with van der Waals surface area (Å²) >= 11 is 3.13. The average Bonchev–Trinajstić information content (AvgIpc) is 3.37. The third-order valence-electron chi connectivity index (χ3n) is 9.25. The molecule has 0 amide bonds. The molecule has 3 aliphatic heterocycles. The predicted octanol–water partition coefficient (Wildman–Crippen LogP) is 13.8. The lowest BCUT2D eigenvalue weighted by molar-refractivity contribution is -0.169. The highest BCUT2D eigenvalue weighted by Crippen LogP contribution is 2.21. The lowest BCUT2D eigenvalue weighted by Crippen LogP contribution is -2.22. The van der Waals surface area contributed by atoms with Crippen LogP contribution in [0.5, 0.6) is 11.5 Å². The molecule has 4 aromatic carbocycles. The standard InChI is InChI=1S/C15H20O2.C12H16O3.C10H12O.C7H6O2.C5H8O.C3H5Br.4CH4.BH/c1-2-7-13-8-3-4-9-14(13)12-17-15-10-5-6-11-16-15;13-11-6-2-1-5-10(11)9-15-12-7-3-4-8-14-12;1-2-5-9-6-3-4-7-10(9)8-11;8-5-6-3-1-2-4-7(6)9;1-2-4-6-5-3-1;1-2-3-4;;;;;/h2-4,8-9,15H,1,5-7,10-12H2;1-2,5-6,12-13H,3-4,7-9H2;2-4,6-7,11H,1,5,8H2;1-5,9H;2,4H,1,3,5H2;2H,1,3H2;4*1H4;1H/i;;;;;;;;;;1T. The Hall–Kier alpha value is -4.75. The number of alkyl halides is 1. The van der Waals surface area contributed by atoms with E-state index in [1.807, 2.05) is 60.7 Å². The van der Waals surface area contributed by atoms with Crippen LogP contribution in [0.3, 0.4) is 0 Å². The van der Waals surface area contributed by atoms with Gasteiger partial charge in [0, 0.05) is 32.5 Å². The maximum Gasteiger partial charge on any atom is 0.158 e. The number of aliphatic hydroxyl groups excluding tert-OH is 1. The number of phenolic OH excluding ortho intramolecular Hbond substituents is 2. The van der Waals surface area contributed by atoms with Crippen molar-refractivity contribution >= 4 is 30.6 Å². The van der Waals surface area contributed by atoms with Crippen LogP contribution in [0.25, 0.3) is 0 Å². The molecule has 7 rings (SSSR count). The summed E-state index contributed by atoms with van der Waals surface area (Å²) < 4.78 is 32.5. The molecule has 2 fully saturated rings. The van der Waals surface area contributed by atoms with E-state index in [1.165, 1.54) is 36.5 Å². The van der Waals surface area contributed by atoms with Crippen LogP contribution in [-0.4, -0.2) is 69.0 Å². The summed E-state index contributed by atoms with van der Waals surface area (Å²) in [7, 11) is 3.75. The number of rotatable bonds is 13. The lowest BCUT2D eigenvalue weighted by atomic mass is 10.1. The lowest BCUT2D eigenvalue weighted by Gasteiger charge is -2.23. The van der Waals surface area contributed by atoms with E-state index >= 15 is 0 Å². The van der Waals surface area contributed by atoms with Gasteiger partial charge in [0.25, 0.3) is 0 Å². The fraction of sp³-hybridized carbons (Fsp3) is 0.411. The zero-order valence-corrected chi connectivity index (χ0v) is 38.3. The first kappa shape index (κ1) is 66.5. The van der Waals surface area contributed by atoms with E-state index in [0.717, 1.165) is 86.8 Å². The van der Waals surface area contributed by atoms with Gasteiger partial charge in [0.05, 0.1) is 38.3 Å². The SMILES string of the molecule is C.C.C.C.C1=COCCC1.C=CCBr.C=CCc1ccccc1CO.C=CCc1ccccc1COC1CCCCO1.O=Cc1ccccc1O.Oc1ccccc1COC1CCCCO1.[3H][B]. The van der Waals surface area contributed by atoms with Crippen molar-refractivity contribution in [1.29, 1.82) is 1.34 Å². The van der Waals surface area contributed by atoms with Gasteiger partial charge in [-0.3, -0.25) is 4.79 Å². The normalized spacial score (nSPS) is 14.9. The minimum Gasteiger partial charge on any atom is -0.508 e. The van der Waals surface area contributed by atoms with Crippen LogP contribution in [0.1, 0.15) is 119 Å². The molecule has 3 heterocycles. The number of benzene rings is 4. The second-order valence-electron chi connectivity index (χ2n) is 14.0. The maximum atomic E-state index is 10.1. The van der Waals surface area contributed by atoms with Crippen molar-refractivity contribution in [3.8, 4) is 11.5 Å². The molecule has 2 radical (unpaired) electrons. The van der Waals surface area contributed by atoms with E-state index in [0.29, 0.717) is 25.1 Å². The number of para-hydroxylation sites is 2. The Morgan fingerprint density at radius 1 is 0.627 bits per heavy atom. The second-order valence-corrected chi connectivity index (χ2v) is 14.7. The van der Waals surface area contributed by atoms with Gasteiger partial charge in [0.1, 0.15) is 11.5 Å². The number of ether oxygens (including phenoxy) is 5. The molecule has 9 nitrogen and oxygen atoms in total. The number of allylic oxidation sites excluding steroid dienone is 4. The maximum absolute atomic E-state index is 10.1. The Kier molecular flexibility index (Phi) is 46.0. The number of aromatic hydroxyl groups is 2. The Bertz CT molecular complexity index is 1820. The average molecular weight is 994 g/mol. The predicted molar refractivity (Wildman–Crippen MR) is 287 cm³/mol. The van der Waals surface area contributed by atoms with Gasteiger partial charge in [0.15, 0.2) is 18.9 Å². The quantitative estimate of drug-likeness (QED) is 0.0520. The van der Waals surface area contributed by atoms with Gasteiger partial charge in [-0.1, -0.05) is 143 Å². The van der Waals surface area contributed by atoms with Crippen molar-refractivity contribution in [1.82, 2.24) is 0 Å². The second kappa shape index (κ2) is 46.4. The number of aliphatic hydroxyl groups is 1. The highest BCUT2D eigenvalue weighted by Gasteiger charge is 2.15. The molecule has 2 unspecified atom stereocenters. The molecule has 372 valence electrons. The van der Waals surface area contributed by atoms with Gasteiger partial charge in [0.2, 0.25) is 0 Å². The molecule has 0 aromatic heterocycles. The van der Waals surface area contributed by atoms with E-state index < -0.39 is 0 Å². The number of carbonyl (C=O) groups excluding carboxylic acids is 1. The Morgan fingerprint density at radius 2 is 1.07 bits per heavy atom. The van der Waals surface area contributed by atoms with Gasteiger partial charge in [-0.25, -0.2) is 0 Å². The summed E-state index contributed by atoms with van der Waals surface area (Å²) in [6, 6.07) is 29.8. The monoisotopic (exact) mass is 993 g/mol. The van der Waals surface area contributed by atoms with Gasteiger partial charge in [-0.2, -0.15) is 0 Å². The summed E-state index contributed by atoms with van der Waals surface area (Å²) in [6.45, 7) is 14.6. The van der Waals surface area contributed by atoms with E-state index in [2.05, 4.69) is 62.2 Å². The van der Waals surface area contributed by atoms with Crippen molar-refractivity contribution in [3.63, 3.8) is 0 Å². The molecule has 11 heteroatoms. The summed E-state index contributed by atoms with van der Waals surface area (Å²) in [5.74, 6) is 0.320. The first-order valence-corrected chi connectivity index (χ1v) is 22.4. The summed E-state index contributed by atoms with van der Waals surface area (Å²) in [5, 5.41) is 28.2. The zero-order chi connectivity index (χ0) is 46.9. The van der Waals surface area contributed by atoms with E-state index in [4.69, 9.17) is 35.2 Å². The fourth-order valence-electron chi connectivity index (χ4n) is 5.88. The smallest absolute Gasteiger partial charge is 0.158 e. The number of aldehydes is 1. The molecule has 3 aliphatic rings. The van der Waals surface area contributed by atoms with Gasteiger partial charge in [-0.05, 0) is 112 Å². The van der Waals surface area contributed by atoms with Crippen molar-refractivity contribution in [2.45, 2.75) is 126 Å². The molecular formula is C56H84BBrO9. The summed E-state index contributed by atoms with van der Waals surface area (Å²) in [6.07, 6.45) is 20.6. The van der Waals surface area contributed by atoms with Crippen LogP contribution in [0.15, 0.2) is 147 Å². The van der Waals surface area contributed by atoms with Gasteiger partial charge < -0.3 is 39.0 Å². The third-order valence-corrected chi connectivity index (χ3v) is 9.71. The van der Waals surface area contributed by atoms with Crippen LogP contribution >= 0.6 is 15.9 Å². The number of phenols is 2. The first-order chi connectivity index (χ1) is 31.4. The van der Waals surface area contributed by atoms with Gasteiger partial charge >= 0.3 is 0 Å². The molecule has 3 N–H and O–H groups in total. The molecule has 2 atom stereocenters. The minimum absolute atomic E-state index is 0. The van der Waals surface area contributed by atoms with Crippen molar-refractivity contribution in [3.05, 3.63) is 181 Å². The number of carbonyl (C=O) groups is 1. The minimum atomic E-state index is -0.0987. The van der Waals surface area contributed by atoms with Gasteiger partial charge in [-0.15, -0.1) is 19.7 Å². The first-order valence-electron chi connectivity index (χ1n) is 21.8. The number of hydrogen-bond donors (Lipinski definition) is 3. The van der Waals surface area contributed by atoms with Crippen LogP contribution in [0.4, 0.5) is 0 Å². The molecule has 0 aliphatic carbocycles. The molecule has 0 saturated carbocycles. The third kappa shape index (κ3) is 31.8. The van der Waals surface area contributed by atoms with E-state index in [1.54, 1.807) is 42.7 Å². The molecule has 0 bridgehead atoms. The van der Waals surface area contributed by atoms with Crippen LogP contribution in [-0.2, 0) is 56.3 Å². The van der Waals surface area contributed by atoms with E-state index in [-0.39, 0.29) is 60.4 Å². The van der Waals surface area contributed by atoms with Crippen LogP contribution < -0.4 is 0 Å². The van der Waals surface area contributed by atoms with Crippen molar-refractivity contribution in [2.24, 2.45) is 0 Å². The summed E-state index contributed by atoms with van der Waals surface area (Å²) in [5.41, 5.74) is 5.82. The molecule has 0 spiro atoms. The topological polar surface area (TPSA) is 124 Å². The van der Waals surface area contributed by atoms with Crippen LogP contribution in [0.2, 0.25) is 0 Å². The molecule has 4 aromatic rings. The Morgan fingerprint density at radius 3 is 1.43 bits per heavy atom. The fourth-order valence-corrected chi connectivity index (χ4v) is 5.88. The van der Waals surface area contributed by atoms with Crippen LogP contribution in [0, 0.1) is 0 Å². The van der Waals surface area contributed by atoms with Crippen molar-refractivity contribution in [2.75, 3.05) is 25.2 Å². The van der Waals surface area contributed by atoms with E-state index in [9.17, 15) is 9.90 Å². The molecule has 2 saturated heterocycles. The highest BCUT2D eigenvalue weighted by molar-refractivity contribution is 9.09. The summed E-state index contributed by atoms with van der Waals surface area (Å²) in [4.78, 5) is 10.1. The highest BCUT2D eigenvalue weighted by atomic mass is 79.9. The molecule has 67 heavy (non-hydrogen) atoms. The Labute approximate surface area is 417 Å². The largest absolute Gasteiger partial charge is 0.508 e.